The summed E-state index contributed by atoms with van der Waals surface area (Å²) < 4.78 is 0. The lowest BCUT2D eigenvalue weighted by Gasteiger charge is -2.30. The van der Waals surface area contributed by atoms with Crippen molar-refractivity contribution in [1.29, 1.82) is 0 Å². The van der Waals surface area contributed by atoms with Gasteiger partial charge in [-0.2, -0.15) is 0 Å². The monoisotopic (exact) mass is 422 g/mol. The highest BCUT2D eigenvalue weighted by Gasteiger charge is 2.28. The van der Waals surface area contributed by atoms with Gasteiger partial charge in [0, 0.05) is 19.5 Å². The Morgan fingerprint density at radius 1 is 0.935 bits per heavy atom. The van der Waals surface area contributed by atoms with Crippen LogP contribution in [0.2, 0.25) is 0 Å². The van der Waals surface area contributed by atoms with E-state index in [1.165, 1.54) is 5.56 Å². The maximum absolute atomic E-state index is 13.3. The summed E-state index contributed by atoms with van der Waals surface area (Å²) in [4.78, 5) is 27.8. The SMILES string of the molecule is CCCNC(=O)C(CC)N(Cc1ccccc1)C(=O)CCc1ccc(C(C)(C)C)cc1. The van der Waals surface area contributed by atoms with Crippen LogP contribution < -0.4 is 5.32 Å². The second kappa shape index (κ2) is 11.7. The first-order valence-electron chi connectivity index (χ1n) is 11.5. The van der Waals surface area contributed by atoms with Crippen molar-refractivity contribution >= 4 is 11.8 Å². The van der Waals surface area contributed by atoms with Crippen LogP contribution in [0.25, 0.3) is 0 Å². The van der Waals surface area contributed by atoms with E-state index >= 15 is 0 Å². The number of amides is 2. The molecule has 0 radical (unpaired) electrons. The van der Waals surface area contributed by atoms with E-state index in [0.29, 0.717) is 32.4 Å². The van der Waals surface area contributed by atoms with Gasteiger partial charge < -0.3 is 10.2 Å². The molecule has 2 rings (SSSR count). The minimum absolute atomic E-state index is 0.0160. The molecule has 0 bridgehead atoms. The summed E-state index contributed by atoms with van der Waals surface area (Å²) in [5.74, 6) is -0.0505. The number of hydrogen-bond donors (Lipinski definition) is 1. The summed E-state index contributed by atoms with van der Waals surface area (Å²) in [5.41, 5.74) is 3.57. The van der Waals surface area contributed by atoms with Crippen molar-refractivity contribution in [2.75, 3.05) is 6.54 Å². The normalized spacial score (nSPS) is 12.3. The van der Waals surface area contributed by atoms with E-state index in [4.69, 9.17) is 0 Å². The average Bonchev–Trinajstić information content (AvgIpc) is 2.76. The summed E-state index contributed by atoms with van der Waals surface area (Å²) in [6.07, 6.45) is 2.52. The highest BCUT2D eigenvalue weighted by molar-refractivity contribution is 5.87. The Morgan fingerprint density at radius 2 is 1.58 bits per heavy atom. The van der Waals surface area contributed by atoms with E-state index in [1.807, 2.05) is 44.2 Å². The molecule has 0 saturated carbocycles. The van der Waals surface area contributed by atoms with E-state index in [1.54, 1.807) is 4.90 Å². The van der Waals surface area contributed by atoms with Crippen LogP contribution in [-0.2, 0) is 28.0 Å². The molecule has 31 heavy (non-hydrogen) atoms. The third-order valence-electron chi connectivity index (χ3n) is 5.58. The first kappa shape index (κ1) is 24.6. The molecule has 0 heterocycles. The lowest BCUT2D eigenvalue weighted by molar-refractivity contribution is -0.141. The van der Waals surface area contributed by atoms with Crippen LogP contribution in [0.3, 0.4) is 0 Å². The standard InChI is InChI=1S/C27H38N2O2/c1-6-19-28-26(31)24(7-2)29(20-22-11-9-8-10-12-22)25(30)18-15-21-13-16-23(17-14-21)27(3,4)5/h8-14,16-17,24H,6-7,15,18-20H2,1-5H3,(H,28,31). The fourth-order valence-electron chi connectivity index (χ4n) is 3.63. The molecule has 1 N–H and O–H groups in total. The molecule has 0 saturated heterocycles. The van der Waals surface area contributed by atoms with Gasteiger partial charge in [-0.25, -0.2) is 0 Å². The van der Waals surface area contributed by atoms with Gasteiger partial charge in [-0.1, -0.05) is 89.2 Å². The van der Waals surface area contributed by atoms with Gasteiger partial charge in [-0.05, 0) is 41.4 Å². The van der Waals surface area contributed by atoms with Crippen molar-refractivity contribution in [3.8, 4) is 0 Å². The highest BCUT2D eigenvalue weighted by atomic mass is 16.2. The van der Waals surface area contributed by atoms with Gasteiger partial charge in [0.25, 0.3) is 0 Å². The second-order valence-electron chi connectivity index (χ2n) is 9.17. The average molecular weight is 423 g/mol. The molecule has 168 valence electrons. The molecule has 4 heteroatoms. The number of benzene rings is 2. The van der Waals surface area contributed by atoms with Crippen LogP contribution in [0.15, 0.2) is 54.6 Å². The number of aryl methyl sites for hydroxylation is 1. The van der Waals surface area contributed by atoms with Gasteiger partial charge in [0.05, 0.1) is 0 Å². The minimum atomic E-state index is -0.456. The zero-order chi connectivity index (χ0) is 22.9. The molecule has 0 aliphatic rings. The molecule has 2 amide bonds. The molecule has 0 fully saturated rings. The molecule has 1 atom stereocenters. The Bertz CT molecular complexity index is 823. The zero-order valence-corrected chi connectivity index (χ0v) is 19.8. The van der Waals surface area contributed by atoms with E-state index in [0.717, 1.165) is 17.5 Å². The summed E-state index contributed by atoms with van der Waals surface area (Å²) in [7, 11) is 0. The van der Waals surface area contributed by atoms with Crippen molar-refractivity contribution < 1.29 is 9.59 Å². The van der Waals surface area contributed by atoms with Gasteiger partial charge in [0.2, 0.25) is 11.8 Å². The topological polar surface area (TPSA) is 49.4 Å². The number of rotatable bonds is 10. The molecule has 2 aromatic rings. The first-order valence-corrected chi connectivity index (χ1v) is 11.5. The minimum Gasteiger partial charge on any atom is -0.354 e. The molecule has 2 aromatic carbocycles. The van der Waals surface area contributed by atoms with Crippen molar-refractivity contribution in [2.24, 2.45) is 0 Å². The van der Waals surface area contributed by atoms with E-state index in [9.17, 15) is 9.59 Å². The largest absolute Gasteiger partial charge is 0.354 e. The molecular formula is C27H38N2O2. The van der Waals surface area contributed by atoms with Crippen molar-refractivity contribution in [1.82, 2.24) is 10.2 Å². The van der Waals surface area contributed by atoms with Gasteiger partial charge in [-0.3, -0.25) is 9.59 Å². The maximum atomic E-state index is 13.3. The van der Waals surface area contributed by atoms with Crippen molar-refractivity contribution in [3.05, 3.63) is 71.3 Å². The van der Waals surface area contributed by atoms with E-state index in [-0.39, 0.29) is 17.2 Å². The molecule has 0 aliphatic heterocycles. The fourth-order valence-corrected chi connectivity index (χ4v) is 3.63. The number of nitrogens with one attached hydrogen (secondary N) is 1. The fraction of sp³-hybridized carbons (Fsp3) is 0.481. The van der Waals surface area contributed by atoms with Gasteiger partial charge >= 0.3 is 0 Å². The van der Waals surface area contributed by atoms with Gasteiger partial charge in [0.1, 0.15) is 6.04 Å². The summed E-state index contributed by atoms with van der Waals surface area (Å²) >= 11 is 0. The Kier molecular flexibility index (Phi) is 9.29. The Hall–Kier alpha value is -2.62. The van der Waals surface area contributed by atoms with Crippen LogP contribution in [0.4, 0.5) is 0 Å². The lowest BCUT2D eigenvalue weighted by Crippen LogP contribution is -2.49. The molecule has 1 unspecified atom stereocenters. The van der Waals surface area contributed by atoms with Crippen LogP contribution in [0, 0.1) is 0 Å². The lowest BCUT2D eigenvalue weighted by atomic mass is 9.86. The molecule has 0 aromatic heterocycles. The molecule has 0 spiro atoms. The predicted molar refractivity (Wildman–Crippen MR) is 128 cm³/mol. The van der Waals surface area contributed by atoms with E-state index < -0.39 is 6.04 Å². The third-order valence-corrected chi connectivity index (χ3v) is 5.58. The van der Waals surface area contributed by atoms with Crippen LogP contribution in [0.5, 0.6) is 0 Å². The third kappa shape index (κ3) is 7.54. The smallest absolute Gasteiger partial charge is 0.242 e. The van der Waals surface area contributed by atoms with Crippen LogP contribution in [-0.4, -0.2) is 29.3 Å². The number of nitrogens with zero attached hydrogens (tertiary/aromatic N) is 1. The number of carbonyl (C=O) groups is 2. The quantitative estimate of drug-likeness (QED) is 0.568. The Balaban J connectivity index is 2.14. The summed E-state index contributed by atoms with van der Waals surface area (Å²) in [6.45, 7) is 11.7. The highest BCUT2D eigenvalue weighted by Crippen LogP contribution is 2.23. The zero-order valence-electron chi connectivity index (χ0n) is 19.8. The van der Waals surface area contributed by atoms with E-state index in [2.05, 4.69) is 50.4 Å². The van der Waals surface area contributed by atoms with Crippen LogP contribution in [0.1, 0.15) is 70.6 Å². The Labute approximate surface area is 188 Å². The predicted octanol–water partition coefficient (Wildman–Crippen LogP) is 5.25. The summed E-state index contributed by atoms with van der Waals surface area (Å²) in [6, 6.07) is 18.0. The van der Waals surface area contributed by atoms with Gasteiger partial charge in [-0.15, -0.1) is 0 Å². The van der Waals surface area contributed by atoms with Crippen LogP contribution >= 0.6 is 0 Å². The summed E-state index contributed by atoms with van der Waals surface area (Å²) in [5, 5.41) is 2.97. The van der Waals surface area contributed by atoms with Gasteiger partial charge in [0.15, 0.2) is 0 Å². The van der Waals surface area contributed by atoms with Crippen molar-refractivity contribution in [2.45, 2.75) is 78.3 Å². The molecular weight excluding hydrogens is 384 g/mol. The number of carbonyl (C=O) groups excluding carboxylic acids is 2. The second-order valence-corrected chi connectivity index (χ2v) is 9.17. The number of hydrogen-bond acceptors (Lipinski definition) is 2. The first-order chi connectivity index (χ1) is 14.8. The molecule has 0 aliphatic carbocycles. The molecule has 4 nitrogen and oxygen atoms in total. The Morgan fingerprint density at radius 3 is 2.13 bits per heavy atom. The maximum Gasteiger partial charge on any atom is 0.242 e. The van der Waals surface area contributed by atoms with Crippen molar-refractivity contribution in [3.63, 3.8) is 0 Å².